The fourth-order valence-corrected chi connectivity index (χ4v) is 7.44. The number of fused-ring (bicyclic) bond motifs is 7. The van der Waals surface area contributed by atoms with Gasteiger partial charge in [0.2, 0.25) is 0 Å². The van der Waals surface area contributed by atoms with Gasteiger partial charge in [-0.2, -0.15) is 0 Å². The molecular weight excluding hydrogens is 542 g/mol. The van der Waals surface area contributed by atoms with Gasteiger partial charge in [0, 0.05) is 17.1 Å². The Bertz CT molecular complexity index is 2190. The predicted molar refractivity (Wildman–Crippen MR) is 193 cm³/mol. The molecule has 0 aliphatic heterocycles. The van der Waals surface area contributed by atoms with Gasteiger partial charge >= 0.3 is 0 Å². The third-order valence-electron chi connectivity index (χ3n) is 10.6. The van der Waals surface area contributed by atoms with E-state index in [1.807, 2.05) is 0 Å². The van der Waals surface area contributed by atoms with Crippen molar-refractivity contribution in [1.82, 2.24) is 0 Å². The molecule has 0 amide bonds. The van der Waals surface area contributed by atoms with Gasteiger partial charge in [0.05, 0.1) is 0 Å². The minimum absolute atomic E-state index is 0.0893. The second kappa shape index (κ2) is 10.2. The predicted octanol–water partition coefficient (Wildman–Crippen LogP) is 12.4. The van der Waals surface area contributed by atoms with Crippen LogP contribution in [0.15, 0.2) is 152 Å². The van der Waals surface area contributed by atoms with Crippen molar-refractivity contribution >= 4 is 38.6 Å². The van der Waals surface area contributed by atoms with Crippen molar-refractivity contribution in [3.63, 3.8) is 0 Å². The van der Waals surface area contributed by atoms with Gasteiger partial charge in [-0.1, -0.05) is 143 Å². The summed E-state index contributed by atoms with van der Waals surface area (Å²) < 4.78 is 0. The summed E-state index contributed by atoms with van der Waals surface area (Å²) in [6.07, 6.45) is 0. The summed E-state index contributed by atoms with van der Waals surface area (Å²) >= 11 is 0. The van der Waals surface area contributed by atoms with Crippen LogP contribution < -0.4 is 4.90 Å². The molecule has 0 spiro atoms. The maximum Gasteiger partial charge on any atom is 0.0464 e. The van der Waals surface area contributed by atoms with Crippen LogP contribution in [-0.4, -0.2) is 0 Å². The van der Waals surface area contributed by atoms with Crippen molar-refractivity contribution in [1.29, 1.82) is 0 Å². The van der Waals surface area contributed by atoms with Crippen molar-refractivity contribution in [2.75, 3.05) is 4.90 Å². The van der Waals surface area contributed by atoms with Gasteiger partial charge in [0.15, 0.2) is 0 Å². The van der Waals surface area contributed by atoms with Crippen LogP contribution in [0.25, 0.3) is 43.8 Å². The Balaban J connectivity index is 1.36. The number of hydrogen-bond acceptors (Lipinski definition) is 1. The van der Waals surface area contributed by atoms with Gasteiger partial charge in [-0.25, -0.2) is 0 Å². The molecule has 0 heterocycles. The molecule has 0 fully saturated rings. The van der Waals surface area contributed by atoms with Gasteiger partial charge in [-0.05, 0) is 102 Å². The summed E-state index contributed by atoms with van der Waals surface area (Å²) in [4.78, 5) is 2.39. The molecule has 0 unspecified atom stereocenters. The molecular formula is C44H37N. The summed E-state index contributed by atoms with van der Waals surface area (Å²) in [6, 6.07) is 55.6. The number of anilines is 3. The van der Waals surface area contributed by atoms with E-state index in [4.69, 9.17) is 0 Å². The van der Waals surface area contributed by atoms with E-state index in [2.05, 4.69) is 184 Å². The third kappa shape index (κ3) is 4.22. The average molecular weight is 580 g/mol. The number of nitrogens with zero attached hydrogens (tertiary/aromatic N) is 1. The summed E-state index contributed by atoms with van der Waals surface area (Å²) in [5, 5.41) is 5.26. The highest BCUT2D eigenvalue weighted by atomic mass is 15.1. The minimum Gasteiger partial charge on any atom is -0.310 e. The fourth-order valence-electron chi connectivity index (χ4n) is 7.44. The maximum atomic E-state index is 2.46. The third-order valence-corrected chi connectivity index (χ3v) is 10.6. The SMILES string of the molecule is CC1(C)c2cc(N(c3ccccc3)c3ccc(-c4ccccc4)cc3)ccc2-c2c(ccc3ccc4ccccc4c23)C1(C)C. The van der Waals surface area contributed by atoms with Crippen LogP contribution in [0.2, 0.25) is 0 Å². The molecule has 0 atom stereocenters. The Labute approximate surface area is 266 Å². The minimum atomic E-state index is -0.108. The van der Waals surface area contributed by atoms with E-state index in [-0.39, 0.29) is 10.8 Å². The standard InChI is InChI=1S/C44H37N/c1-43(2)39-28-23-33-20-19-32-15-11-12-18-37(32)41(33)42(39)38-27-26-36(29-40(38)44(43,3)4)45(34-16-9-6-10-17-34)35-24-21-31(22-25-35)30-13-7-5-8-14-30/h5-29H,1-4H3. The van der Waals surface area contributed by atoms with Crippen LogP contribution in [-0.2, 0) is 10.8 Å². The second-order valence-electron chi connectivity index (χ2n) is 13.4. The Kier molecular flexibility index (Phi) is 6.22. The molecule has 0 N–H and O–H groups in total. The second-order valence-corrected chi connectivity index (χ2v) is 13.4. The van der Waals surface area contributed by atoms with E-state index in [1.54, 1.807) is 0 Å². The fraction of sp³-hybridized carbons (Fsp3) is 0.136. The van der Waals surface area contributed by atoms with Crippen LogP contribution in [0.4, 0.5) is 17.1 Å². The Morgan fingerprint density at radius 2 is 0.978 bits per heavy atom. The van der Waals surface area contributed by atoms with E-state index in [0.29, 0.717) is 0 Å². The largest absolute Gasteiger partial charge is 0.310 e. The van der Waals surface area contributed by atoms with Gasteiger partial charge in [-0.15, -0.1) is 0 Å². The van der Waals surface area contributed by atoms with Crippen LogP contribution in [0, 0.1) is 0 Å². The normalized spacial score (nSPS) is 14.6. The highest BCUT2D eigenvalue weighted by molar-refractivity contribution is 6.16. The van der Waals surface area contributed by atoms with E-state index < -0.39 is 0 Å². The Hall–Kier alpha value is -5.14. The van der Waals surface area contributed by atoms with Crippen molar-refractivity contribution in [2.24, 2.45) is 0 Å². The van der Waals surface area contributed by atoms with Crippen molar-refractivity contribution in [2.45, 2.75) is 38.5 Å². The monoisotopic (exact) mass is 579 g/mol. The quantitative estimate of drug-likeness (QED) is 0.187. The molecule has 0 saturated carbocycles. The molecule has 218 valence electrons. The zero-order valence-electron chi connectivity index (χ0n) is 26.4. The number of benzene rings is 7. The van der Waals surface area contributed by atoms with Gasteiger partial charge in [-0.3, -0.25) is 0 Å². The summed E-state index contributed by atoms with van der Waals surface area (Å²) in [5.41, 5.74) is 11.2. The summed E-state index contributed by atoms with van der Waals surface area (Å²) in [5.74, 6) is 0. The number of rotatable bonds is 4. The lowest BCUT2D eigenvalue weighted by Crippen LogP contribution is -2.43. The first-order valence-corrected chi connectivity index (χ1v) is 16.0. The molecule has 7 aromatic rings. The molecule has 1 aliphatic rings. The highest BCUT2D eigenvalue weighted by Gasteiger charge is 2.46. The zero-order chi connectivity index (χ0) is 30.8. The van der Waals surface area contributed by atoms with E-state index in [1.165, 1.54) is 60.6 Å². The number of hydrogen-bond donors (Lipinski definition) is 0. The molecule has 0 bridgehead atoms. The lowest BCUT2D eigenvalue weighted by Gasteiger charge is -2.49. The van der Waals surface area contributed by atoms with Gasteiger partial charge in [0.25, 0.3) is 0 Å². The molecule has 1 nitrogen and oxygen atoms in total. The van der Waals surface area contributed by atoms with Crippen LogP contribution in [0.3, 0.4) is 0 Å². The lowest BCUT2D eigenvalue weighted by atomic mass is 9.55. The molecule has 8 rings (SSSR count). The first-order valence-electron chi connectivity index (χ1n) is 16.0. The zero-order valence-corrected chi connectivity index (χ0v) is 26.4. The highest BCUT2D eigenvalue weighted by Crippen LogP contribution is 2.57. The van der Waals surface area contributed by atoms with Gasteiger partial charge in [0.1, 0.15) is 0 Å². The summed E-state index contributed by atoms with van der Waals surface area (Å²) in [7, 11) is 0. The first kappa shape index (κ1) is 27.4. The maximum absolute atomic E-state index is 2.46. The molecule has 1 aliphatic carbocycles. The van der Waals surface area contributed by atoms with Crippen molar-refractivity contribution in [3.8, 4) is 22.3 Å². The molecule has 0 aromatic heterocycles. The molecule has 1 heteroatoms. The molecule has 0 saturated heterocycles. The topological polar surface area (TPSA) is 3.24 Å². The lowest BCUT2D eigenvalue weighted by molar-refractivity contribution is 0.299. The average Bonchev–Trinajstić information content (AvgIpc) is 3.08. The Morgan fingerprint density at radius 1 is 0.422 bits per heavy atom. The smallest absolute Gasteiger partial charge is 0.0464 e. The van der Waals surface area contributed by atoms with Crippen molar-refractivity contribution in [3.05, 3.63) is 163 Å². The number of para-hydroxylation sites is 1. The van der Waals surface area contributed by atoms with E-state index >= 15 is 0 Å². The van der Waals surface area contributed by atoms with E-state index in [0.717, 1.165) is 11.4 Å². The summed E-state index contributed by atoms with van der Waals surface area (Å²) in [6.45, 7) is 9.70. The molecule has 0 radical (unpaired) electrons. The van der Waals surface area contributed by atoms with Crippen LogP contribution >= 0.6 is 0 Å². The molecule has 7 aromatic carbocycles. The first-order chi connectivity index (χ1) is 21.8. The van der Waals surface area contributed by atoms with E-state index in [9.17, 15) is 0 Å². The van der Waals surface area contributed by atoms with Gasteiger partial charge < -0.3 is 4.90 Å². The molecule has 45 heavy (non-hydrogen) atoms. The van der Waals surface area contributed by atoms with Crippen molar-refractivity contribution < 1.29 is 0 Å². The van der Waals surface area contributed by atoms with Crippen LogP contribution in [0.1, 0.15) is 38.8 Å². The van der Waals surface area contributed by atoms with Crippen LogP contribution in [0.5, 0.6) is 0 Å². The Morgan fingerprint density at radius 3 is 1.73 bits per heavy atom.